The van der Waals surface area contributed by atoms with E-state index in [0.717, 1.165) is 4.64 Å². The van der Waals surface area contributed by atoms with Crippen molar-refractivity contribution in [3.8, 4) is 0 Å². The molecular formula is C3H4Cl2N3NaO. The fraction of sp³-hybridized carbons (Fsp3) is 0. The normalized spacial score (nSPS) is 16.4. The van der Waals surface area contributed by atoms with Gasteiger partial charge in [0, 0.05) is 6.08 Å². The molecule has 0 fully saturated rings. The van der Waals surface area contributed by atoms with Gasteiger partial charge >= 0.3 is 29.6 Å². The minimum absolute atomic E-state index is 0. The summed E-state index contributed by atoms with van der Waals surface area (Å²) < 4.78 is 0.789. The quantitative estimate of drug-likeness (QED) is 0.427. The molecule has 0 aromatic rings. The zero-order chi connectivity index (χ0) is 6.85. The summed E-state index contributed by atoms with van der Waals surface area (Å²) in [6, 6.07) is 0. The van der Waals surface area contributed by atoms with Gasteiger partial charge in [-0.05, 0) is 0 Å². The van der Waals surface area contributed by atoms with Crippen molar-refractivity contribution in [1.82, 2.24) is 10.1 Å². The van der Waals surface area contributed by atoms with Crippen LogP contribution in [-0.4, -0.2) is 44.5 Å². The maximum absolute atomic E-state index is 8.71. The molecule has 1 rings (SSSR count). The molecule has 0 radical (unpaired) electrons. The maximum atomic E-state index is 8.71. The van der Waals surface area contributed by atoms with Gasteiger partial charge in [-0.3, -0.25) is 0 Å². The third-order valence-electron chi connectivity index (χ3n) is 0.646. The van der Waals surface area contributed by atoms with Crippen molar-refractivity contribution in [2.75, 3.05) is 0 Å². The van der Waals surface area contributed by atoms with Crippen LogP contribution in [-0.2, 0) is 0 Å². The Labute approximate surface area is 89.8 Å². The van der Waals surface area contributed by atoms with Gasteiger partial charge in [0.15, 0.2) is 5.17 Å². The van der Waals surface area contributed by atoms with Crippen molar-refractivity contribution in [3.63, 3.8) is 0 Å². The Morgan fingerprint density at radius 1 is 1.70 bits per heavy atom. The van der Waals surface area contributed by atoms with Crippen LogP contribution >= 0.6 is 23.4 Å². The van der Waals surface area contributed by atoms with E-state index in [0.29, 0.717) is 0 Å². The molecule has 0 aromatic carbocycles. The molecule has 0 unspecified atom stereocenters. The number of hydrazine groups is 1. The van der Waals surface area contributed by atoms with Crippen molar-refractivity contribution < 1.29 is 5.11 Å². The summed E-state index contributed by atoms with van der Waals surface area (Å²) in [5.41, 5.74) is 2.25. The molecule has 0 saturated carbocycles. The molecule has 1 heterocycles. The molecule has 0 aliphatic carbocycles. The van der Waals surface area contributed by atoms with Crippen LogP contribution in [0.5, 0.6) is 0 Å². The topological polar surface area (TPSA) is 47.9 Å². The van der Waals surface area contributed by atoms with Crippen molar-refractivity contribution >= 4 is 58.1 Å². The number of hydrogen-bond donors (Lipinski definition) is 2. The third-order valence-corrected chi connectivity index (χ3v) is 0.991. The predicted molar refractivity (Wildman–Crippen MR) is 42.0 cm³/mol. The summed E-state index contributed by atoms with van der Waals surface area (Å²) in [7, 11) is 0. The Kier molecular flexibility index (Phi) is 4.47. The van der Waals surface area contributed by atoms with Gasteiger partial charge in [-0.2, -0.15) is 0 Å². The van der Waals surface area contributed by atoms with E-state index in [1.54, 1.807) is 0 Å². The molecule has 52 valence electrons. The second-order valence-corrected chi connectivity index (χ2v) is 2.03. The summed E-state index contributed by atoms with van der Waals surface area (Å²) in [6.45, 7) is 0. The summed E-state index contributed by atoms with van der Waals surface area (Å²) in [6.07, 6.45) is 1.24. The van der Waals surface area contributed by atoms with Crippen LogP contribution in [0.4, 0.5) is 0 Å². The zero-order valence-corrected chi connectivity index (χ0v) is 5.69. The molecule has 0 atom stereocenters. The molecule has 0 bridgehead atoms. The number of nitrogens with one attached hydrogen (secondary N) is 1. The first-order valence-corrected chi connectivity index (χ1v) is 2.77. The average molecular weight is 192 g/mol. The van der Waals surface area contributed by atoms with Crippen LogP contribution in [0.25, 0.3) is 0 Å². The van der Waals surface area contributed by atoms with Gasteiger partial charge in [0.2, 0.25) is 5.88 Å². The van der Waals surface area contributed by atoms with E-state index < -0.39 is 0 Å². The molecule has 0 spiro atoms. The van der Waals surface area contributed by atoms with Crippen LogP contribution < -0.4 is 5.43 Å². The number of allylic oxidation sites excluding steroid dienone is 1. The van der Waals surface area contributed by atoms with Crippen LogP contribution in [0.15, 0.2) is 17.1 Å². The molecule has 1 aliphatic heterocycles. The second kappa shape index (κ2) is 4.31. The molecule has 0 saturated heterocycles. The van der Waals surface area contributed by atoms with Crippen LogP contribution in [0, 0.1) is 0 Å². The Balaban J connectivity index is 0.000000810. The standard InChI is InChI=1S/C3H3Cl2N3O.Na.H/c4-2-1-3(9)7-8(5)6-2;;/h1,7,9H;;. The Hall–Kier alpha value is 0.390. The first-order valence-electron chi connectivity index (χ1n) is 2.06. The number of halogens is 2. The van der Waals surface area contributed by atoms with Crippen molar-refractivity contribution in [2.45, 2.75) is 0 Å². The monoisotopic (exact) mass is 191 g/mol. The van der Waals surface area contributed by atoms with Gasteiger partial charge in [-0.25, -0.2) is 5.43 Å². The third kappa shape index (κ3) is 2.98. The molecule has 0 aromatic heterocycles. The van der Waals surface area contributed by atoms with E-state index in [2.05, 4.69) is 10.5 Å². The van der Waals surface area contributed by atoms with E-state index in [1.165, 1.54) is 6.08 Å². The van der Waals surface area contributed by atoms with E-state index in [9.17, 15) is 0 Å². The Bertz CT molecular complexity index is 183. The summed E-state index contributed by atoms with van der Waals surface area (Å²) >= 11 is 10.6. The summed E-state index contributed by atoms with van der Waals surface area (Å²) in [5.74, 6) is -0.134. The first-order chi connectivity index (χ1) is 4.18. The van der Waals surface area contributed by atoms with Gasteiger partial charge in [-0.15, -0.1) is 9.74 Å². The number of rotatable bonds is 0. The van der Waals surface area contributed by atoms with Crippen molar-refractivity contribution in [2.24, 2.45) is 5.10 Å². The van der Waals surface area contributed by atoms with Crippen LogP contribution in [0.2, 0.25) is 0 Å². The van der Waals surface area contributed by atoms with Gasteiger partial charge < -0.3 is 5.11 Å². The van der Waals surface area contributed by atoms with Gasteiger partial charge in [0.05, 0.1) is 11.8 Å². The first kappa shape index (κ1) is 10.4. The van der Waals surface area contributed by atoms with Gasteiger partial charge in [0.25, 0.3) is 0 Å². The molecule has 0 amide bonds. The predicted octanol–water partition coefficient (Wildman–Crippen LogP) is 0.264. The minimum atomic E-state index is -0.134. The fourth-order valence-corrected chi connectivity index (χ4v) is 0.763. The van der Waals surface area contributed by atoms with Crippen LogP contribution in [0.3, 0.4) is 0 Å². The summed E-state index contributed by atoms with van der Waals surface area (Å²) in [5, 5.41) is 12.3. The molecular weight excluding hydrogens is 188 g/mol. The van der Waals surface area contributed by atoms with Crippen molar-refractivity contribution in [1.29, 1.82) is 0 Å². The summed E-state index contributed by atoms with van der Waals surface area (Å²) in [4.78, 5) is 0. The molecule has 7 heteroatoms. The number of aliphatic hydroxyl groups is 1. The van der Waals surface area contributed by atoms with E-state index in [-0.39, 0.29) is 40.6 Å². The SMILES string of the molecule is OC1=CC(Cl)=NN(Cl)N1.[NaH]. The van der Waals surface area contributed by atoms with Gasteiger partial charge in [-0.1, -0.05) is 11.6 Å². The molecule has 1 aliphatic rings. The molecule has 10 heavy (non-hydrogen) atoms. The van der Waals surface area contributed by atoms with E-state index in [4.69, 9.17) is 28.5 Å². The van der Waals surface area contributed by atoms with E-state index >= 15 is 0 Å². The number of hydrogen-bond acceptors (Lipinski definition) is 4. The number of aliphatic hydroxyl groups excluding tert-OH is 1. The number of hydrazone groups is 1. The van der Waals surface area contributed by atoms with Crippen LogP contribution in [0.1, 0.15) is 0 Å². The number of nitrogens with zero attached hydrogens (tertiary/aromatic N) is 2. The second-order valence-electron chi connectivity index (χ2n) is 1.32. The fourth-order valence-electron chi connectivity index (χ4n) is 0.377. The Morgan fingerprint density at radius 3 is 2.70 bits per heavy atom. The zero-order valence-electron chi connectivity index (χ0n) is 4.17. The molecule has 2 N–H and O–H groups in total. The average Bonchev–Trinajstić information content (AvgIpc) is 1.59. The molecule has 4 nitrogen and oxygen atoms in total. The van der Waals surface area contributed by atoms with Crippen molar-refractivity contribution in [3.05, 3.63) is 12.0 Å². The van der Waals surface area contributed by atoms with Gasteiger partial charge in [0.1, 0.15) is 0 Å². The van der Waals surface area contributed by atoms with E-state index in [1.807, 2.05) is 0 Å². The Morgan fingerprint density at radius 2 is 2.30 bits per heavy atom.